The lowest BCUT2D eigenvalue weighted by Crippen LogP contribution is -2.47. The third kappa shape index (κ3) is 4.70. The summed E-state index contributed by atoms with van der Waals surface area (Å²) in [7, 11) is 3.20. The van der Waals surface area contributed by atoms with Gasteiger partial charge in [-0.2, -0.15) is 0 Å². The highest BCUT2D eigenvalue weighted by Gasteiger charge is 2.38. The predicted octanol–water partition coefficient (Wildman–Crippen LogP) is 4.42. The molecular formula is C29H32N2O5. The zero-order chi connectivity index (χ0) is 25.1. The number of benzene rings is 3. The van der Waals surface area contributed by atoms with Crippen LogP contribution < -0.4 is 19.5 Å². The second-order valence-corrected chi connectivity index (χ2v) is 9.41. The molecule has 1 heterocycles. The minimum atomic E-state index is -0.776. The third-order valence-electron chi connectivity index (χ3n) is 7.23. The standard InChI is InChI=1S/C29H32N2O5/c1-34-23-13-11-19(17-25(23)35-2)15-16-31-26(32)18-36-24-14-12-20-7-3-6-10-22(20)27(24)28(31)29(33)30-21-8-4-5-9-21/h3,6-7,10-14,17,21,28H,4-5,8-9,15-16,18H2,1-2H3,(H,30,33). The maximum absolute atomic E-state index is 13.9. The highest BCUT2D eigenvalue weighted by atomic mass is 16.5. The third-order valence-corrected chi connectivity index (χ3v) is 7.23. The van der Waals surface area contributed by atoms with E-state index in [0.717, 1.165) is 47.6 Å². The minimum Gasteiger partial charge on any atom is -0.493 e. The maximum atomic E-state index is 13.9. The van der Waals surface area contributed by atoms with Crippen LogP contribution in [0, 0.1) is 0 Å². The molecule has 2 aliphatic rings. The summed E-state index contributed by atoms with van der Waals surface area (Å²) >= 11 is 0. The second kappa shape index (κ2) is 10.5. The van der Waals surface area contributed by atoms with Crippen LogP contribution in [0.25, 0.3) is 10.8 Å². The van der Waals surface area contributed by atoms with Crippen molar-refractivity contribution in [3.05, 3.63) is 65.7 Å². The molecule has 1 saturated carbocycles. The fraction of sp³-hybridized carbons (Fsp3) is 0.379. The van der Waals surface area contributed by atoms with Gasteiger partial charge in [0, 0.05) is 18.2 Å². The largest absolute Gasteiger partial charge is 0.493 e. The van der Waals surface area contributed by atoms with Gasteiger partial charge in [0.1, 0.15) is 11.8 Å². The molecule has 3 aromatic rings. The van der Waals surface area contributed by atoms with Crippen molar-refractivity contribution in [3.8, 4) is 17.2 Å². The van der Waals surface area contributed by atoms with Crippen LogP contribution in [0.2, 0.25) is 0 Å². The molecule has 2 amide bonds. The van der Waals surface area contributed by atoms with E-state index in [1.165, 1.54) is 0 Å². The molecule has 36 heavy (non-hydrogen) atoms. The van der Waals surface area contributed by atoms with E-state index in [0.29, 0.717) is 30.2 Å². The fourth-order valence-corrected chi connectivity index (χ4v) is 5.37. The van der Waals surface area contributed by atoms with Crippen molar-refractivity contribution in [2.45, 2.75) is 44.2 Å². The lowest BCUT2D eigenvalue weighted by Gasteiger charge is -2.31. The van der Waals surface area contributed by atoms with Gasteiger partial charge in [-0.1, -0.05) is 49.2 Å². The van der Waals surface area contributed by atoms with Gasteiger partial charge in [-0.3, -0.25) is 9.59 Å². The summed E-state index contributed by atoms with van der Waals surface area (Å²) in [6, 6.07) is 16.9. The molecule has 1 aliphatic heterocycles. The first-order chi connectivity index (χ1) is 17.6. The zero-order valence-electron chi connectivity index (χ0n) is 20.8. The van der Waals surface area contributed by atoms with Crippen LogP contribution in [-0.4, -0.2) is 50.1 Å². The minimum absolute atomic E-state index is 0.107. The van der Waals surface area contributed by atoms with E-state index in [1.807, 2.05) is 54.6 Å². The first kappa shape index (κ1) is 24.0. The topological polar surface area (TPSA) is 77.1 Å². The van der Waals surface area contributed by atoms with Crippen molar-refractivity contribution < 1.29 is 23.8 Å². The number of methoxy groups -OCH3 is 2. The van der Waals surface area contributed by atoms with Gasteiger partial charge < -0.3 is 24.4 Å². The smallest absolute Gasteiger partial charge is 0.261 e. The lowest BCUT2D eigenvalue weighted by molar-refractivity contribution is -0.141. The number of carbonyl (C=O) groups excluding carboxylic acids is 2. The summed E-state index contributed by atoms with van der Waals surface area (Å²) in [6.45, 7) is 0.258. The molecule has 0 saturated heterocycles. The summed E-state index contributed by atoms with van der Waals surface area (Å²) in [6.07, 6.45) is 4.72. The number of nitrogens with zero attached hydrogens (tertiary/aromatic N) is 1. The number of ether oxygens (including phenoxy) is 3. The van der Waals surface area contributed by atoms with Crippen LogP contribution >= 0.6 is 0 Å². The molecule has 0 radical (unpaired) electrons. The molecule has 1 unspecified atom stereocenters. The summed E-state index contributed by atoms with van der Waals surface area (Å²) in [5.41, 5.74) is 1.74. The molecule has 7 nitrogen and oxygen atoms in total. The Morgan fingerprint density at radius 2 is 1.81 bits per heavy atom. The first-order valence-electron chi connectivity index (χ1n) is 12.5. The highest BCUT2D eigenvalue weighted by molar-refractivity contribution is 5.97. The molecule has 188 valence electrons. The molecule has 1 aliphatic carbocycles. The molecular weight excluding hydrogens is 456 g/mol. The molecule has 1 N–H and O–H groups in total. The highest BCUT2D eigenvalue weighted by Crippen LogP contribution is 2.39. The van der Waals surface area contributed by atoms with E-state index < -0.39 is 6.04 Å². The zero-order valence-corrected chi connectivity index (χ0v) is 20.8. The number of amides is 2. The number of rotatable bonds is 7. The molecule has 0 aromatic heterocycles. The van der Waals surface area contributed by atoms with Gasteiger partial charge in [-0.05, 0) is 53.8 Å². The quantitative estimate of drug-likeness (QED) is 0.533. The molecule has 0 spiro atoms. The van der Waals surface area contributed by atoms with Crippen LogP contribution in [0.15, 0.2) is 54.6 Å². The number of hydrogen-bond acceptors (Lipinski definition) is 5. The Balaban J connectivity index is 1.52. The average Bonchev–Trinajstić information content (AvgIpc) is 3.37. The monoisotopic (exact) mass is 488 g/mol. The Kier molecular flexibility index (Phi) is 6.98. The van der Waals surface area contributed by atoms with E-state index in [2.05, 4.69) is 5.32 Å². The summed E-state index contributed by atoms with van der Waals surface area (Å²) in [5.74, 6) is 1.51. The van der Waals surface area contributed by atoms with E-state index >= 15 is 0 Å². The molecule has 3 aromatic carbocycles. The predicted molar refractivity (Wildman–Crippen MR) is 138 cm³/mol. The SMILES string of the molecule is COc1ccc(CCN2C(=O)COc3ccc4ccccc4c3C2C(=O)NC2CCCC2)cc1OC. The van der Waals surface area contributed by atoms with Crippen molar-refractivity contribution in [2.75, 3.05) is 27.4 Å². The molecule has 1 fully saturated rings. The second-order valence-electron chi connectivity index (χ2n) is 9.41. The van der Waals surface area contributed by atoms with Crippen LogP contribution in [0.4, 0.5) is 0 Å². The van der Waals surface area contributed by atoms with Gasteiger partial charge in [0.15, 0.2) is 18.1 Å². The van der Waals surface area contributed by atoms with Gasteiger partial charge in [0.25, 0.3) is 5.91 Å². The Labute approximate surface area is 211 Å². The first-order valence-corrected chi connectivity index (χ1v) is 12.5. The normalized spacial score (nSPS) is 17.9. The van der Waals surface area contributed by atoms with E-state index in [1.54, 1.807) is 19.1 Å². The van der Waals surface area contributed by atoms with Crippen LogP contribution in [0.5, 0.6) is 17.2 Å². The average molecular weight is 489 g/mol. The Hall–Kier alpha value is -3.74. The van der Waals surface area contributed by atoms with Crippen LogP contribution in [0.1, 0.15) is 42.9 Å². The number of hydrogen-bond donors (Lipinski definition) is 1. The van der Waals surface area contributed by atoms with Crippen molar-refractivity contribution >= 4 is 22.6 Å². The van der Waals surface area contributed by atoms with Crippen LogP contribution in [-0.2, 0) is 16.0 Å². The van der Waals surface area contributed by atoms with E-state index in [4.69, 9.17) is 14.2 Å². The van der Waals surface area contributed by atoms with Crippen LogP contribution in [0.3, 0.4) is 0 Å². The molecule has 7 heteroatoms. The van der Waals surface area contributed by atoms with Crippen molar-refractivity contribution in [2.24, 2.45) is 0 Å². The lowest BCUT2D eigenvalue weighted by atomic mass is 9.95. The molecule has 5 rings (SSSR count). The van der Waals surface area contributed by atoms with Gasteiger partial charge in [-0.15, -0.1) is 0 Å². The number of nitrogens with one attached hydrogen (secondary N) is 1. The number of fused-ring (bicyclic) bond motifs is 3. The van der Waals surface area contributed by atoms with Gasteiger partial charge in [-0.25, -0.2) is 0 Å². The van der Waals surface area contributed by atoms with Gasteiger partial charge >= 0.3 is 0 Å². The summed E-state index contributed by atoms with van der Waals surface area (Å²) < 4.78 is 16.8. The number of carbonyl (C=O) groups is 2. The van der Waals surface area contributed by atoms with E-state index in [-0.39, 0.29) is 24.5 Å². The van der Waals surface area contributed by atoms with Gasteiger partial charge in [0.05, 0.1) is 14.2 Å². The summed E-state index contributed by atoms with van der Waals surface area (Å²) in [4.78, 5) is 28.9. The van der Waals surface area contributed by atoms with Crippen molar-refractivity contribution in [1.29, 1.82) is 0 Å². The molecule has 0 bridgehead atoms. The Bertz CT molecular complexity index is 1270. The Morgan fingerprint density at radius 3 is 2.58 bits per heavy atom. The van der Waals surface area contributed by atoms with Crippen molar-refractivity contribution in [3.63, 3.8) is 0 Å². The van der Waals surface area contributed by atoms with Crippen molar-refractivity contribution in [1.82, 2.24) is 10.2 Å². The van der Waals surface area contributed by atoms with E-state index in [9.17, 15) is 9.59 Å². The van der Waals surface area contributed by atoms with Gasteiger partial charge in [0.2, 0.25) is 5.91 Å². The fourth-order valence-electron chi connectivity index (χ4n) is 5.37. The summed E-state index contributed by atoms with van der Waals surface area (Å²) in [5, 5.41) is 5.17. The maximum Gasteiger partial charge on any atom is 0.261 e. The Morgan fingerprint density at radius 1 is 1.03 bits per heavy atom. The molecule has 1 atom stereocenters.